The Bertz CT molecular complexity index is 515. The van der Waals surface area contributed by atoms with Crippen molar-refractivity contribution in [1.82, 2.24) is 10.2 Å². The number of carbonyl (C=O) groups excluding carboxylic acids is 1. The Morgan fingerprint density at radius 3 is 2.50 bits per heavy atom. The Morgan fingerprint density at radius 2 is 1.92 bits per heavy atom. The number of guanidine groups is 1. The third kappa shape index (κ3) is 7.35. The summed E-state index contributed by atoms with van der Waals surface area (Å²) in [7, 11) is 3.74. The van der Waals surface area contributed by atoms with Gasteiger partial charge in [0.15, 0.2) is 5.96 Å². The monoisotopic (exact) mass is 335 g/mol. The first-order valence-corrected chi connectivity index (χ1v) is 8.39. The third-order valence-corrected chi connectivity index (χ3v) is 3.37. The van der Waals surface area contributed by atoms with Gasteiger partial charge >= 0.3 is 5.97 Å². The molecule has 1 aromatic carbocycles. The number of hydrogen-bond donors (Lipinski definition) is 1. The Balaban J connectivity index is 2.40. The Kier molecular flexibility index (Phi) is 9.34. The molecule has 6 heteroatoms. The van der Waals surface area contributed by atoms with Crippen molar-refractivity contribution in [1.29, 1.82) is 0 Å². The summed E-state index contributed by atoms with van der Waals surface area (Å²) < 4.78 is 10.4. The zero-order valence-electron chi connectivity index (χ0n) is 15.2. The minimum Gasteiger partial charge on any atom is -0.494 e. The van der Waals surface area contributed by atoms with Crippen LogP contribution < -0.4 is 10.1 Å². The van der Waals surface area contributed by atoms with Crippen molar-refractivity contribution in [3.63, 3.8) is 0 Å². The van der Waals surface area contributed by atoms with Crippen LogP contribution in [0.5, 0.6) is 5.75 Å². The van der Waals surface area contributed by atoms with E-state index in [2.05, 4.69) is 22.4 Å². The van der Waals surface area contributed by atoms with Gasteiger partial charge in [0.2, 0.25) is 0 Å². The fourth-order valence-electron chi connectivity index (χ4n) is 2.26. The van der Waals surface area contributed by atoms with Crippen LogP contribution in [-0.4, -0.2) is 50.7 Å². The second kappa shape index (κ2) is 11.3. The standard InChI is InChI=1S/C18H29N3O3/c1-5-23-16-11-9-15(10-12-16)14-21(4)18(19-3)20-13-7-8-17(22)24-6-2/h9-12H,5-8,13-14H2,1-4H3,(H,19,20). The van der Waals surface area contributed by atoms with Crippen LogP contribution in [0.25, 0.3) is 0 Å². The first-order chi connectivity index (χ1) is 11.6. The van der Waals surface area contributed by atoms with Crippen LogP contribution in [0.1, 0.15) is 32.3 Å². The van der Waals surface area contributed by atoms with Crippen molar-refractivity contribution in [3.05, 3.63) is 29.8 Å². The van der Waals surface area contributed by atoms with Crippen LogP contribution in [0.2, 0.25) is 0 Å². The molecule has 0 aromatic heterocycles. The summed E-state index contributed by atoms with van der Waals surface area (Å²) in [5, 5.41) is 3.26. The molecule has 0 amide bonds. The number of carbonyl (C=O) groups is 1. The van der Waals surface area contributed by atoms with E-state index in [1.165, 1.54) is 5.56 Å². The second-order valence-corrected chi connectivity index (χ2v) is 5.32. The lowest BCUT2D eigenvalue weighted by Gasteiger charge is -2.22. The SMILES string of the molecule is CCOC(=O)CCCNC(=NC)N(C)Cc1ccc(OCC)cc1. The Labute approximate surface area is 144 Å². The molecule has 0 atom stereocenters. The summed E-state index contributed by atoms with van der Waals surface area (Å²) in [5.74, 6) is 1.52. The van der Waals surface area contributed by atoms with Crippen LogP contribution >= 0.6 is 0 Å². The topological polar surface area (TPSA) is 63.2 Å². The Morgan fingerprint density at radius 1 is 1.21 bits per heavy atom. The predicted molar refractivity (Wildman–Crippen MR) is 96.3 cm³/mol. The van der Waals surface area contributed by atoms with Crippen LogP contribution in [0.4, 0.5) is 0 Å². The van der Waals surface area contributed by atoms with Crippen molar-refractivity contribution in [2.75, 3.05) is 33.9 Å². The number of esters is 1. The van der Waals surface area contributed by atoms with Crippen molar-refractivity contribution < 1.29 is 14.3 Å². The number of nitrogens with zero attached hydrogens (tertiary/aromatic N) is 2. The van der Waals surface area contributed by atoms with E-state index in [0.717, 1.165) is 24.7 Å². The molecule has 0 fully saturated rings. The van der Waals surface area contributed by atoms with Crippen molar-refractivity contribution in [2.24, 2.45) is 4.99 Å². The molecule has 0 aliphatic carbocycles. The molecule has 0 spiro atoms. The normalized spacial score (nSPS) is 11.1. The summed E-state index contributed by atoms with van der Waals surface area (Å²) in [4.78, 5) is 17.6. The fourth-order valence-corrected chi connectivity index (χ4v) is 2.26. The highest BCUT2D eigenvalue weighted by atomic mass is 16.5. The maximum Gasteiger partial charge on any atom is 0.305 e. The summed E-state index contributed by atoms with van der Waals surface area (Å²) in [6.07, 6.45) is 1.13. The van der Waals surface area contributed by atoms with E-state index in [-0.39, 0.29) is 5.97 Å². The summed E-state index contributed by atoms with van der Waals surface area (Å²) in [6, 6.07) is 8.05. The summed E-state index contributed by atoms with van der Waals surface area (Å²) in [5.41, 5.74) is 1.18. The molecule has 0 radical (unpaired) electrons. The molecule has 0 aliphatic rings. The average molecular weight is 335 g/mol. The molecule has 6 nitrogen and oxygen atoms in total. The molecular formula is C18H29N3O3. The molecule has 0 saturated heterocycles. The number of hydrogen-bond acceptors (Lipinski definition) is 4. The van der Waals surface area contributed by atoms with Gasteiger partial charge < -0.3 is 19.7 Å². The van der Waals surface area contributed by atoms with Crippen molar-refractivity contribution in [2.45, 2.75) is 33.2 Å². The minimum absolute atomic E-state index is 0.156. The van der Waals surface area contributed by atoms with Crippen LogP contribution in [-0.2, 0) is 16.1 Å². The van der Waals surface area contributed by atoms with E-state index in [1.54, 1.807) is 7.05 Å². The zero-order valence-corrected chi connectivity index (χ0v) is 15.2. The number of ether oxygens (including phenoxy) is 2. The quantitative estimate of drug-likeness (QED) is 0.325. The van der Waals surface area contributed by atoms with E-state index in [4.69, 9.17) is 9.47 Å². The highest BCUT2D eigenvalue weighted by Crippen LogP contribution is 2.13. The van der Waals surface area contributed by atoms with E-state index >= 15 is 0 Å². The summed E-state index contributed by atoms with van der Waals surface area (Å²) >= 11 is 0. The zero-order chi connectivity index (χ0) is 17.8. The maximum atomic E-state index is 11.3. The van der Waals surface area contributed by atoms with Gasteiger partial charge in [-0.25, -0.2) is 0 Å². The highest BCUT2D eigenvalue weighted by molar-refractivity contribution is 5.79. The highest BCUT2D eigenvalue weighted by Gasteiger charge is 2.07. The van der Waals surface area contributed by atoms with Gasteiger partial charge in [0.05, 0.1) is 13.2 Å². The van der Waals surface area contributed by atoms with E-state index in [1.807, 2.05) is 37.9 Å². The molecule has 1 rings (SSSR count). The van der Waals surface area contributed by atoms with E-state index in [0.29, 0.717) is 26.2 Å². The van der Waals surface area contributed by atoms with Crippen LogP contribution in [0.3, 0.4) is 0 Å². The van der Waals surface area contributed by atoms with Crippen molar-refractivity contribution >= 4 is 11.9 Å². The van der Waals surface area contributed by atoms with Gasteiger partial charge in [-0.1, -0.05) is 12.1 Å². The lowest BCUT2D eigenvalue weighted by Crippen LogP contribution is -2.39. The minimum atomic E-state index is -0.156. The molecule has 0 heterocycles. The average Bonchev–Trinajstić information content (AvgIpc) is 2.57. The predicted octanol–water partition coefficient (Wildman–Crippen LogP) is 2.44. The largest absolute Gasteiger partial charge is 0.494 e. The number of nitrogens with one attached hydrogen (secondary N) is 1. The van der Waals surface area contributed by atoms with Gasteiger partial charge in [-0.05, 0) is 38.0 Å². The van der Waals surface area contributed by atoms with Gasteiger partial charge in [0, 0.05) is 33.6 Å². The summed E-state index contributed by atoms with van der Waals surface area (Å²) in [6.45, 7) is 6.30. The lowest BCUT2D eigenvalue weighted by molar-refractivity contribution is -0.143. The lowest BCUT2D eigenvalue weighted by atomic mass is 10.2. The molecule has 0 aliphatic heterocycles. The molecule has 134 valence electrons. The molecule has 0 bridgehead atoms. The molecule has 1 aromatic rings. The van der Waals surface area contributed by atoms with E-state index < -0.39 is 0 Å². The number of aliphatic imine (C=N–C) groups is 1. The van der Waals surface area contributed by atoms with Gasteiger partial charge in [0.1, 0.15) is 5.75 Å². The molecular weight excluding hydrogens is 306 g/mol. The van der Waals surface area contributed by atoms with Crippen LogP contribution in [0, 0.1) is 0 Å². The number of rotatable bonds is 9. The van der Waals surface area contributed by atoms with Crippen LogP contribution in [0.15, 0.2) is 29.3 Å². The second-order valence-electron chi connectivity index (χ2n) is 5.32. The van der Waals surface area contributed by atoms with Gasteiger partial charge in [-0.2, -0.15) is 0 Å². The third-order valence-electron chi connectivity index (χ3n) is 3.37. The Hall–Kier alpha value is -2.24. The molecule has 0 unspecified atom stereocenters. The first kappa shape index (κ1) is 19.8. The molecule has 0 saturated carbocycles. The first-order valence-electron chi connectivity index (χ1n) is 8.39. The fraction of sp³-hybridized carbons (Fsp3) is 0.556. The molecule has 24 heavy (non-hydrogen) atoms. The molecule has 1 N–H and O–H groups in total. The number of benzene rings is 1. The van der Waals surface area contributed by atoms with E-state index in [9.17, 15) is 4.79 Å². The van der Waals surface area contributed by atoms with Crippen molar-refractivity contribution in [3.8, 4) is 5.75 Å². The van der Waals surface area contributed by atoms with Gasteiger partial charge in [0.25, 0.3) is 0 Å². The van der Waals surface area contributed by atoms with Gasteiger partial charge in [-0.15, -0.1) is 0 Å². The smallest absolute Gasteiger partial charge is 0.305 e. The maximum absolute atomic E-state index is 11.3. The van der Waals surface area contributed by atoms with Gasteiger partial charge in [-0.3, -0.25) is 9.79 Å².